The third-order valence-electron chi connectivity index (χ3n) is 2.18. The van der Waals surface area contributed by atoms with E-state index in [2.05, 4.69) is 6.92 Å². The van der Waals surface area contributed by atoms with Crippen molar-refractivity contribution in [3.05, 3.63) is 0 Å². The molecule has 1 aliphatic carbocycles. The number of ether oxygens (including phenoxy) is 2. The van der Waals surface area contributed by atoms with E-state index in [9.17, 15) is 0 Å². The maximum absolute atomic E-state index is 5.44. The first kappa shape index (κ1) is 8.02. The summed E-state index contributed by atoms with van der Waals surface area (Å²) >= 11 is 0. The highest BCUT2D eigenvalue weighted by molar-refractivity contribution is 4.73. The number of methoxy groups -OCH3 is 1. The Balaban J connectivity index is 2.14. The van der Waals surface area contributed by atoms with E-state index in [0.29, 0.717) is 12.9 Å². The van der Waals surface area contributed by atoms with Crippen molar-refractivity contribution in [1.29, 1.82) is 0 Å². The summed E-state index contributed by atoms with van der Waals surface area (Å²) in [7, 11) is 1.67. The minimum atomic E-state index is 0.453. The summed E-state index contributed by atoms with van der Waals surface area (Å²) in [6.07, 6.45) is 4.30. The zero-order valence-electron chi connectivity index (χ0n) is 6.80. The molecule has 0 saturated heterocycles. The number of hydrogen-bond acceptors (Lipinski definition) is 2. The molecular formula is C8H16O2. The van der Waals surface area contributed by atoms with Crippen LogP contribution in [-0.2, 0) is 9.47 Å². The highest BCUT2D eigenvalue weighted by Gasteiger charge is 2.23. The Bertz CT molecular complexity index is 93.3. The van der Waals surface area contributed by atoms with Crippen LogP contribution in [0, 0.1) is 5.92 Å². The highest BCUT2D eigenvalue weighted by atomic mass is 16.7. The van der Waals surface area contributed by atoms with Gasteiger partial charge < -0.3 is 9.47 Å². The van der Waals surface area contributed by atoms with Gasteiger partial charge in [0.1, 0.15) is 6.79 Å². The van der Waals surface area contributed by atoms with E-state index in [0.717, 1.165) is 5.92 Å². The summed E-state index contributed by atoms with van der Waals surface area (Å²) in [6.45, 7) is 2.70. The molecule has 0 amide bonds. The molecule has 0 aromatic rings. The Hall–Kier alpha value is -0.0800. The molecule has 2 nitrogen and oxygen atoms in total. The van der Waals surface area contributed by atoms with Gasteiger partial charge in [0.25, 0.3) is 0 Å². The third-order valence-corrected chi connectivity index (χ3v) is 2.18. The molecule has 2 heteroatoms. The van der Waals surface area contributed by atoms with Gasteiger partial charge in [0, 0.05) is 7.11 Å². The third kappa shape index (κ3) is 1.96. The Morgan fingerprint density at radius 3 is 2.70 bits per heavy atom. The molecule has 0 bridgehead atoms. The molecule has 1 rings (SSSR count). The van der Waals surface area contributed by atoms with Gasteiger partial charge in [-0.15, -0.1) is 0 Å². The van der Waals surface area contributed by atoms with E-state index in [4.69, 9.17) is 9.47 Å². The molecule has 0 unspecified atom stereocenters. The first-order valence-electron chi connectivity index (χ1n) is 3.95. The number of hydrogen-bond donors (Lipinski definition) is 0. The summed E-state index contributed by atoms with van der Waals surface area (Å²) < 4.78 is 10.3. The standard InChI is InChI=1S/C8H16O2/c1-7-4-3-5-8(7)10-6-9-2/h7-8H,3-6H2,1-2H3/t7-,8-/m0/s1. The van der Waals surface area contributed by atoms with Crippen LogP contribution in [-0.4, -0.2) is 20.0 Å². The maximum Gasteiger partial charge on any atom is 0.146 e. The highest BCUT2D eigenvalue weighted by Crippen LogP contribution is 2.27. The fourth-order valence-electron chi connectivity index (χ4n) is 1.51. The summed E-state index contributed by atoms with van der Waals surface area (Å²) in [5.41, 5.74) is 0. The smallest absolute Gasteiger partial charge is 0.146 e. The van der Waals surface area contributed by atoms with Gasteiger partial charge in [0.15, 0.2) is 0 Å². The van der Waals surface area contributed by atoms with Crippen LogP contribution in [0.4, 0.5) is 0 Å². The Morgan fingerprint density at radius 2 is 2.20 bits per heavy atom. The van der Waals surface area contributed by atoms with Gasteiger partial charge in [-0.05, 0) is 18.8 Å². The lowest BCUT2D eigenvalue weighted by atomic mass is 10.1. The van der Waals surface area contributed by atoms with Crippen molar-refractivity contribution in [1.82, 2.24) is 0 Å². The fourth-order valence-corrected chi connectivity index (χ4v) is 1.51. The number of rotatable bonds is 3. The van der Waals surface area contributed by atoms with E-state index < -0.39 is 0 Å². The predicted octanol–water partition coefficient (Wildman–Crippen LogP) is 1.80. The maximum atomic E-state index is 5.44. The average molecular weight is 144 g/mol. The van der Waals surface area contributed by atoms with Gasteiger partial charge in [0.2, 0.25) is 0 Å². The van der Waals surface area contributed by atoms with Crippen molar-refractivity contribution < 1.29 is 9.47 Å². The molecule has 0 N–H and O–H groups in total. The fraction of sp³-hybridized carbons (Fsp3) is 1.00. The molecule has 0 aromatic carbocycles. The molecule has 1 saturated carbocycles. The molecule has 10 heavy (non-hydrogen) atoms. The molecule has 0 aromatic heterocycles. The summed E-state index contributed by atoms with van der Waals surface area (Å²) in [6, 6.07) is 0. The lowest BCUT2D eigenvalue weighted by Crippen LogP contribution is -2.16. The predicted molar refractivity (Wildman–Crippen MR) is 39.8 cm³/mol. The monoisotopic (exact) mass is 144 g/mol. The van der Waals surface area contributed by atoms with Crippen LogP contribution < -0.4 is 0 Å². The van der Waals surface area contributed by atoms with Crippen molar-refractivity contribution in [3.63, 3.8) is 0 Å². The van der Waals surface area contributed by atoms with Crippen LogP contribution >= 0.6 is 0 Å². The lowest BCUT2D eigenvalue weighted by Gasteiger charge is -2.14. The van der Waals surface area contributed by atoms with Gasteiger partial charge in [0.05, 0.1) is 6.10 Å². The van der Waals surface area contributed by atoms with Crippen LogP contribution in [0.1, 0.15) is 26.2 Å². The average Bonchev–Trinajstić information content (AvgIpc) is 2.31. The quantitative estimate of drug-likeness (QED) is 0.562. The Labute approximate surface area is 62.5 Å². The topological polar surface area (TPSA) is 18.5 Å². The van der Waals surface area contributed by atoms with E-state index in [1.54, 1.807) is 7.11 Å². The molecule has 0 aliphatic heterocycles. The molecule has 1 fully saturated rings. The molecule has 0 spiro atoms. The Kier molecular flexibility index (Phi) is 3.16. The van der Waals surface area contributed by atoms with Crippen molar-refractivity contribution in [3.8, 4) is 0 Å². The van der Waals surface area contributed by atoms with Crippen molar-refractivity contribution in [2.24, 2.45) is 5.92 Å². The van der Waals surface area contributed by atoms with E-state index in [-0.39, 0.29) is 0 Å². The lowest BCUT2D eigenvalue weighted by molar-refractivity contribution is -0.0811. The van der Waals surface area contributed by atoms with E-state index in [1.165, 1.54) is 19.3 Å². The summed E-state index contributed by atoms with van der Waals surface area (Å²) in [5, 5.41) is 0. The molecular weight excluding hydrogens is 128 g/mol. The molecule has 0 radical (unpaired) electrons. The zero-order chi connectivity index (χ0) is 7.40. The molecule has 2 atom stereocenters. The SMILES string of the molecule is COCO[C@H]1CCC[C@@H]1C. The Morgan fingerprint density at radius 1 is 1.40 bits per heavy atom. The van der Waals surface area contributed by atoms with Gasteiger partial charge in [-0.3, -0.25) is 0 Å². The molecule has 0 heterocycles. The summed E-state index contributed by atoms with van der Waals surface area (Å²) in [5.74, 6) is 0.732. The van der Waals surface area contributed by atoms with Gasteiger partial charge in [-0.2, -0.15) is 0 Å². The van der Waals surface area contributed by atoms with E-state index in [1.807, 2.05) is 0 Å². The second kappa shape index (κ2) is 3.94. The van der Waals surface area contributed by atoms with Crippen molar-refractivity contribution in [2.45, 2.75) is 32.3 Å². The van der Waals surface area contributed by atoms with Crippen LogP contribution in [0.5, 0.6) is 0 Å². The zero-order valence-corrected chi connectivity index (χ0v) is 6.80. The molecule has 60 valence electrons. The first-order valence-corrected chi connectivity index (χ1v) is 3.95. The van der Waals surface area contributed by atoms with Gasteiger partial charge in [-0.25, -0.2) is 0 Å². The minimum Gasteiger partial charge on any atom is -0.359 e. The van der Waals surface area contributed by atoms with E-state index >= 15 is 0 Å². The normalized spacial score (nSPS) is 33.0. The minimum absolute atomic E-state index is 0.453. The van der Waals surface area contributed by atoms with Gasteiger partial charge in [-0.1, -0.05) is 13.3 Å². The largest absolute Gasteiger partial charge is 0.359 e. The van der Waals surface area contributed by atoms with Crippen molar-refractivity contribution >= 4 is 0 Å². The van der Waals surface area contributed by atoms with Crippen molar-refractivity contribution in [2.75, 3.05) is 13.9 Å². The molecule has 1 aliphatic rings. The van der Waals surface area contributed by atoms with Crippen LogP contribution in [0.3, 0.4) is 0 Å². The second-order valence-corrected chi connectivity index (χ2v) is 3.02. The summed E-state index contributed by atoms with van der Waals surface area (Å²) in [4.78, 5) is 0. The van der Waals surface area contributed by atoms with Crippen LogP contribution in [0.25, 0.3) is 0 Å². The van der Waals surface area contributed by atoms with Crippen LogP contribution in [0.15, 0.2) is 0 Å². The second-order valence-electron chi connectivity index (χ2n) is 3.02. The van der Waals surface area contributed by atoms with Crippen LogP contribution in [0.2, 0.25) is 0 Å². The van der Waals surface area contributed by atoms with Gasteiger partial charge >= 0.3 is 0 Å². The first-order chi connectivity index (χ1) is 4.84.